The first-order chi connectivity index (χ1) is 16.1. The summed E-state index contributed by atoms with van der Waals surface area (Å²) >= 11 is 0. The number of para-hydroxylation sites is 3. The number of carbonyl (C=O) groups excluding carboxylic acids is 1. The van der Waals surface area contributed by atoms with Crippen molar-refractivity contribution in [2.24, 2.45) is 0 Å². The number of benzene rings is 2. The van der Waals surface area contributed by atoms with Gasteiger partial charge < -0.3 is 30.0 Å². The lowest BCUT2D eigenvalue weighted by molar-refractivity contribution is -0.143. The standard InChI is InChI=1S/C25H26N2O6/c26-19-8-2-3-9-20(19)27-25(30)22-13-16(14-23(33-22)31-12-6-5-11-28)18-15-32-21-10-4-1-7-17(21)24(18)29/h1-4,7-10,13,15-16,23,28H,5-6,11-12,14,26H2,(H,27,30). The molecule has 4 N–H and O–H groups in total. The minimum Gasteiger partial charge on any atom is -0.464 e. The number of hydrogen-bond acceptors (Lipinski definition) is 7. The minimum atomic E-state index is -0.738. The third-order valence-corrected chi connectivity index (χ3v) is 5.45. The highest BCUT2D eigenvalue weighted by atomic mass is 16.7. The Hall–Kier alpha value is -3.62. The monoisotopic (exact) mass is 450 g/mol. The molecule has 8 heteroatoms. The van der Waals surface area contributed by atoms with E-state index in [0.717, 1.165) is 0 Å². The average molecular weight is 450 g/mol. The second-order valence-electron chi connectivity index (χ2n) is 7.78. The van der Waals surface area contributed by atoms with Crippen molar-refractivity contribution in [3.05, 3.63) is 82.4 Å². The summed E-state index contributed by atoms with van der Waals surface area (Å²) in [6.45, 7) is 0.423. The highest BCUT2D eigenvalue weighted by molar-refractivity contribution is 6.04. The molecule has 0 saturated heterocycles. The Morgan fingerprint density at radius 3 is 2.76 bits per heavy atom. The number of nitrogens with two attached hydrogens (primary N) is 1. The van der Waals surface area contributed by atoms with Gasteiger partial charge in [-0.1, -0.05) is 24.3 Å². The van der Waals surface area contributed by atoms with E-state index in [1.54, 1.807) is 54.6 Å². The van der Waals surface area contributed by atoms with Crippen LogP contribution in [-0.2, 0) is 14.3 Å². The Labute approximate surface area is 190 Å². The number of rotatable bonds is 8. The highest BCUT2D eigenvalue weighted by Gasteiger charge is 2.31. The molecule has 0 aliphatic carbocycles. The van der Waals surface area contributed by atoms with Gasteiger partial charge in [-0.3, -0.25) is 9.59 Å². The summed E-state index contributed by atoms with van der Waals surface area (Å²) in [5.41, 5.74) is 7.57. The van der Waals surface area contributed by atoms with Gasteiger partial charge in [-0.25, -0.2) is 0 Å². The first-order valence-corrected chi connectivity index (χ1v) is 10.8. The number of nitrogens with one attached hydrogen (secondary N) is 1. The number of hydrogen-bond donors (Lipinski definition) is 3. The summed E-state index contributed by atoms with van der Waals surface area (Å²) < 4.78 is 17.3. The van der Waals surface area contributed by atoms with Crippen molar-refractivity contribution in [3.8, 4) is 0 Å². The summed E-state index contributed by atoms with van der Waals surface area (Å²) in [5.74, 6) is -0.905. The first kappa shape index (κ1) is 22.6. The molecule has 3 aromatic rings. The van der Waals surface area contributed by atoms with Gasteiger partial charge in [0.1, 0.15) is 5.58 Å². The summed E-state index contributed by atoms with van der Waals surface area (Å²) in [4.78, 5) is 26.1. The molecule has 0 saturated carbocycles. The number of anilines is 2. The molecule has 2 aromatic carbocycles. The van der Waals surface area contributed by atoms with Crippen molar-refractivity contribution >= 4 is 28.3 Å². The van der Waals surface area contributed by atoms with Gasteiger partial charge in [0.25, 0.3) is 5.91 Å². The number of amides is 1. The second-order valence-corrected chi connectivity index (χ2v) is 7.78. The van der Waals surface area contributed by atoms with Crippen LogP contribution >= 0.6 is 0 Å². The molecule has 0 fully saturated rings. The SMILES string of the molecule is Nc1ccccc1NC(=O)C1=CC(c2coc3ccccc3c2=O)CC(OCCCCO)O1. The lowest BCUT2D eigenvalue weighted by Gasteiger charge is -2.29. The van der Waals surface area contributed by atoms with E-state index < -0.39 is 18.1 Å². The highest BCUT2D eigenvalue weighted by Crippen LogP contribution is 2.32. The molecule has 1 aromatic heterocycles. The summed E-state index contributed by atoms with van der Waals surface area (Å²) in [7, 11) is 0. The largest absolute Gasteiger partial charge is 0.464 e. The van der Waals surface area contributed by atoms with Crippen molar-refractivity contribution in [2.45, 2.75) is 31.5 Å². The Morgan fingerprint density at radius 1 is 1.15 bits per heavy atom. The molecular weight excluding hydrogens is 424 g/mol. The molecule has 1 amide bonds. The van der Waals surface area contributed by atoms with E-state index in [4.69, 9.17) is 24.7 Å². The van der Waals surface area contributed by atoms with Gasteiger partial charge in [0.2, 0.25) is 6.29 Å². The zero-order chi connectivity index (χ0) is 23.2. The maximum absolute atomic E-state index is 13.1. The van der Waals surface area contributed by atoms with Crippen molar-refractivity contribution in [1.29, 1.82) is 0 Å². The quantitative estimate of drug-likeness (QED) is 0.354. The Bertz CT molecular complexity index is 1220. The molecular formula is C25H26N2O6. The van der Waals surface area contributed by atoms with Crippen LogP contribution < -0.4 is 16.5 Å². The zero-order valence-electron chi connectivity index (χ0n) is 18.0. The van der Waals surface area contributed by atoms with Crippen LogP contribution in [0.5, 0.6) is 0 Å². The van der Waals surface area contributed by atoms with E-state index in [0.29, 0.717) is 53.8 Å². The van der Waals surface area contributed by atoms with Crippen LogP contribution in [0.4, 0.5) is 11.4 Å². The van der Waals surface area contributed by atoms with E-state index in [2.05, 4.69) is 5.32 Å². The molecule has 33 heavy (non-hydrogen) atoms. The predicted octanol–water partition coefficient (Wildman–Crippen LogP) is 3.52. The number of carbonyl (C=O) groups is 1. The third-order valence-electron chi connectivity index (χ3n) is 5.45. The molecule has 1 aliphatic rings. The van der Waals surface area contributed by atoms with E-state index in [9.17, 15) is 9.59 Å². The third kappa shape index (κ3) is 5.24. The van der Waals surface area contributed by atoms with Crippen LogP contribution in [0.3, 0.4) is 0 Å². The maximum Gasteiger partial charge on any atom is 0.290 e. The van der Waals surface area contributed by atoms with Crippen LogP contribution in [0.1, 0.15) is 30.7 Å². The van der Waals surface area contributed by atoms with Crippen molar-refractivity contribution in [3.63, 3.8) is 0 Å². The topological polar surface area (TPSA) is 124 Å². The lowest BCUT2D eigenvalue weighted by Crippen LogP contribution is -2.31. The molecule has 0 radical (unpaired) electrons. The van der Waals surface area contributed by atoms with Crippen LogP contribution in [0.25, 0.3) is 11.0 Å². The number of unbranched alkanes of at least 4 members (excludes halogenated alkanes) is 1. The normalized spacial score (nSPS) is 17.9. The van der Waals surface area contributed by atoms with Gasteiger partial charge in [-0.2, -0.15) is 0 Å². The van der Waals surface area contributed by atoms with E-state index in [1.807, 2.05) is 0 Å². The van der Waals surface area contributed by atoms with Crippen molar-refractivity contribution in [2.75, 3.05) is 24.3 Å². The molecule has 1 aliphatic heterocycles. The van der Waals surface area contributed by atoms with E-state index in [1.165, 1.54) is 6.26 Å². The summed E-state index contributed by atoms with van der Waals surface area (Å²) in [6.07, 6.45) is 3.89. The van der Waals surface area contributed by atoms with E-state index >= 15 is 0 Å². The fourth-order valence-electron chi connectivity index (χ4n) is 3.71. The van der Waals surface area contributed by atoms with Crippen LogP contribution in [0.15, 0.2) is 75.8 Å². The predicted molar refractivity (Wildman–Crippen MR) is 125 cm³/mol. The molecule has 4 rings (SSSR count). The van der Waals surface area contributed by atoms with Crippen molar-refractivity contribution in [1.82, 2.24) is 0 Å². The number of fused-ring (bicyclic) bond motifs is 1. The molecule has 0 bridgehead atoms. The van der Waals surface area contributed by atoms with Gasteiger partial charge in [-0.05, 0) is 43.2 Å². The van der Waals surface area contributed by atoms with Gasteiger partial charge in [0, 0.05) is 24.5 Å². The maximum atomic E-state index is 13.1. The fraction of sp³-hybridized carbons (Fsp3) is 0.280. The Balaban J connectivity index is 1.63. The summed E-state index contributed by atoms with van der Waals surface area (Å²) in [5, 5.41) is 12.2. The first-order valence-electron chi connectivity index (χ1n) is 10.8. The average Bonchev–Trinajstić information content (AvgIpc) is 2.83. The number of allylic oxidation sites excluding steroid dienone is 1. The van der Waals surface area contributed by atoms with Gasteiger partial charge in [0.05, 0.1) is 29.6 Å². The van der Waals surface area contributed by atoms with Gasteiger partial charge in [0.15, 0.2) is 11.2 Å². The smallest absolute Gasteiger partial charge is 0.290 e. The molecule has 0 spiro atoms. The molecule has 2 heterocycles. The number of aliphatic hydroxyl groups excluding tert-OH is 1. The Morgan fingerprint density at radius 2 is 1.94 bits per heavy atom. The Kier molecular flexibility index (Phi) is 7.07. The molecule has 8 nitrogen and oxygen atoms in total. The molecule has 2 unspecified atom stereocenters. The van der Waals surface area contributed by atoms with Crippen LogP contribution in [0, 0.1) is 0 Å². The fourth-order valence-corrected chi connectivity index (χ4v) is 3.71. The summed E-state index contributed by atoms with van der Waals surface area (Å²) in [6, 6.07) is 13.9. The zero-order valence-corrected chi connectivity index (χ0v) is 18.0. The van der Waals surface area contributed by atoms with Crippen LogP contribution in [0.2, 0.25) is 0 Å². The minimum absolute atomic E-state index is 0.0363. The molecule has 2 atom stereocenters. The molecule has 172 valence electrons. The van der Waals surface area contributed by atoms with Crippen molar-refractivity contribution < 1.29 is 23.8 Å². The second kappa shape index (κ2) is 10.3. The van der Waals surface area contributed by atoms with Gasteiger partial charge in [-0.15, -0.1) is 0 Å². The lowest BCUT2D eigenvalue weighted by atomic mass is 9.93. The van der Waals surface area contributed by atoms with Crippen LogP contribution in [-0.4, -0.2) is 30.5 Å². The van der Waals surface area contributed by atoms with Gasteiger partial charge >= 0.3 is 0 Å². The number of ether oxygens (including phenoxy) is 2. The van der Waals surface area contributed by atoms with E-state index in [-0.39, 0.29) is 17.8 Å². The number of aliphatic hydroxyl groups is 1. The number of nitrogen functional groups attached to an aromatic ring is 1.